The van der Waals surface area contributed by atoms with Crippen molar-refractivity contribution in [2.45, 2.75) is 16.1 Å². The zero-order chi connectivity index (χ0) is 14.4. The van der Waals surface area contributed by atoms with Gasteiger partial charge in [0.25, 0.3) is 0 Å². The Kier molecular flexibility index (Phi) is 5.02. The molecule has 2 atom stereocenters. The molecule has 0 radical (unpaired) electrons. The molecule has 2 rings (SSSR count). The fraction of sp³-hybridized carbons (Fsp3) is 0.118. The smallest absolute Gasteiger partial charge is 0.317 e. The van der Waals surface area contributed by atoms with E-state index < -0.39 is 11.2 Å². The predicted molar refractivity (Wildman–Crippen MR) is 83.1 cm³/mol. The molecule has 0 aliphatic rings. The van der Waals surface area contributed by atoms with Gasteiger partial charge in [-0.2, -0.15) is 0 Å². The lowest BCUT2D eigenvalue weighted by Crippen LogP contribution is -2.23. The van der Waals surface area contributed by atoms with Crippen LogP contribution in [-0.4, -0.2) is 16.3 Å². The summed E-state index contributed by atoms with van der Waals surface area (Å²) in [5.74, 6) is -1.05. The number of hydrogen-bond donors (Lipinski definition) is 1. The van der Waals surface area contributed by atoms with Crippen molar-refractivity contribution in [3.05, 3.63) is 78.9 Å². The molecule has 0 saturated carbocycles. The molecule has 102 valence electrons. The van der Waals surface area contributed by atoms with E-state index in [0.717, 1.165) is 10.5 Å². The molecule has 0 aliphatic heterocycles. The van der Waals surface area contributed by atoms with E-state index in [9.17, 15) is 9.90 Å². The molecule has 2 aromatic rings. The van der Waals surface area contributed by atoms with Gasteiger partial charge < -0.3 is 5.11 Å². The summed E-state index contributed by atoms with van der Waals surface area (Å²) in [7, 11) is 0. The van der Waals surface area contributed by atoms with Crippen molar-refractivity contribution >= 4 is 17.7 Å². The van der Waals surface area contributed by atoms with E-state index in [1.807, 2.05) is 60.7 Å². The molecule has 1 N–H and O–H groups in total. The first-order valence-corrected chi connectivity index (χ1v) is 7.22. The highest BCUT2D eigenvalue weighted by molar-refractivity contribution is 8.00. The lowest BCUT2D eigenvalue weighted by molar-refractivity contribution is -0.136. The Balaban J connectivity index is 2.27. The van der Waals surface area contributed by atoms with E-state index in [2.05, 4.69) is 6.58 Å². The van der Waals surface area contributed by atoms with Crippen LogP contribution in [0.25, 0.3) is 0 Å². The normalized spacial score (nSPS) is 13.4. The minimum Gasteiger partial charge on any atom is -0.480 e. The molecule has 0 spiro atoms. The number of carboxylic acid groups (broad SMARTS) is 1. The van der Waals surface area contributed by atoms with Crippen LogP contribution < -0.4 is 0 Å². The van der Waals surface area contributed by atoms with Gasteiger partial charge in [0.05, 0.1) is 0 Å². The Morgan fingerprint density at radius 3 is 2.10 bits per heavy atom. The SMILES string of the molecule is C=C[C@@H](c1ccccc1)[C@@H](Sc1ccccc1)C(=O)O. The van der Waals surface area contributed by atoms with Crippen molar-refractivity contribution in [2.75, 3.05) is 0 Å². The number of allylic oxidation sites excluding steroid dienone is 1. The number of benzene rings is 2. The van der Waals surface area contributed by atoms with Gasteiger partial charge in [0.1, 0.15) is 5.25 Å². The van der Waals surface area contributed by atoms with E-state index in [1.165, 1.54) is 11.8 Å². The van der Waals surface area contributed by atoms with Crippen molar-refractivity contribution in [3.8, 4) is 0 Å². The molecule has 0 heterocycles. The Morgan fingerprint density at radius 2 is 1.60 bits per heavy atom. The molecule has 3 heteroatoms. The van der Waals surface area contributed by atoms with Gasteiger partial charge in [-0.25, -0.2) is 0 Å². The third-order valence-electron chi connectivity index (χ3n) is 3.01. The average Bonchev–Trinajstić information content (AvgIpc) is 2.49. The van der Waals surface area contributed by atoms with Gasteiger partial charge in [-0.05, 0) is 17.7 Å². The highest BCUT2D eigenvalue weighted by Gasteiger charge is 2.28. The van der Waals surface area contributed by atoms with Gasteiger partial charge in [0, 0.05) is 10.8 Å². The fourth-order valence-electron chi connectivity index (χ4n) is 2.03. The van der Waals surface area contributed by atoms with Crippen molar-refractivity contribution in [2.24, 2.45) is 0 Å². The molecule has 2 nitrogen and oxygen atoms in total. The van der Waals surface area contributed by atoms with Crippen molar-refractivity contribution in [3.63, 3.8) is 0 Å². The number of thioether (sulfide) groups is 1. The van der Waals surface area contributed by atoms with Gasteiger partial charge in [-0.15, -0.1) is 18.3 Å². The van der Waals surface area contributed by atoms with Crippen LogP contribution in [-0.2, 0) is 4.79 Å². The summed E-state index contributed by atoms with van der Waals surface area (Å²) in [5.41, 5.74) is 0.971. The number of hydrogen-bond acceptors (Lipinski definition) is 2. The maximum absolute atomic E-state index is 11.6. The van der Waals surface area contributed by atoms with Gasteiger partial charge >= 0.3 is 5.97 Å². The molecule has 0 saturated heterocycles. The highest BCUT2D eigenvalue weighted by atomic mass is 32.2. The predicted octanol–water partition coefficient (Wildman–Crippen LogP) is 4.20. The van der Waals surface area contributed by atoms with E-state index in [4.69, 9.17) is 0 Å². The zero-order valence-electron chi connectivity index (χ0n) is 11.0. The van der Waals surface area contributed by atoms with Crippen LogP contribution in [0.4, 0.5) is 0 Å². The summed E-state index contributed by atoms with van der Waals surface area (Å²) in [6, 6.07) is 19.2. The topological polar surface area (TPSA) is 37.3 Å². The van der Waals surface area contributed by atoms with E-state index >= 15 is 0 Å². The van der Waals surface area contributed by atoms with Gasteiger partial charge in [-0.3, -0.25) is 4.79 Å². The third kappa shape index (κ3) is 3.52. The second-order valence-corrected chi connectivity index (χ2v) is 5.58. The largest absolute Gasteiger partial charge is 0.480 e. The molecule has 20 heavy (non-hydrogen) atoms. The molecule has 0 bridgehead atoms. The van der Waals surface area contributed by atoms with Gasteiger partial charge in [-0.1, -0.05) is 54.6 Å². The van der Waals surface area contributed by atoms with E-state index in [0.29, 0.717) is 0 Å². The summed E-state index contributed by atoms with van der Waals surface area (Å²) in [4.78, 5) is 12.6. The first-order chi connectivity index (χ1) is 9.72. The first-order valence-electron chi connectivity index (χ1n) is 6.34. The van der Waals surface area contributed by atoms with Crippen molar-refractivity contribution in [1.82, 2.24) is 0 Å². The Bertz CT molecular complexity index is 566. The quantitative estimate of drug-likeness (QED) is 0.638. The summed E-state index contributed by atoms with van der Waals surface area (Å²) in [5, 5.41) is 8.94. The van der Waals surface area contributed by atoms with E-state index in [1.54, 1.807) is 6.08 Å². The van der Waals surface area contributed by atoms with Gasteiger partial charge in [0.15, 0.2) is 0 Å². The number of carbonyl (C=O) groups is 1. The molecule has 0 fully saturated rings. The molecular weight excluding hydrogens is 268 g/mol. The lowest BCUT2D eigenvalue weighted by Gasteiger charge is -2.21. The van der Waals surface area contributed by atoms with Crippen LogP contribution in [0.1, 0.15) is 11.5 Å². The summed E-state index contributed by atoms with van der Waals surface area (Å²) < 4.78 is 0. The molecule has 0 amide bonds. The van der Waals surface area contributed by atoms with Crippen molar-refractivity contribution < 1.29 is 9.90 Å². The number of rotatable bonds is 6. The lowest BCUT2D eigenvalue weighted by atomic mass is 9.95. The maximum atomic E-state index is 11.6. The van der Waals surface area contributed by atoms with Crippen LogP contribution in [0.3, 0.4) is 0 Å². The molecule has 2 aromatic carbocycles. The van der Waals surface area contributed by atoms with Crippen LogP contribution >= 0.6 is 11.8 Å². The molecule has 0 aliphatic carbocycles. The Morgan fingerprint density at radius 1 is 1.05 bits per heavy atom. The van der Waals surface area contributed by atoms with Crippen LogP contribution in [0.2, 0.25) is 0 Å². The van der Waals surface area contributed by atoms with Crippen molar-refractivity contribution in [1.29, 1.82) is 0 Å². The average molecular weight is 284 g/mol. The molecule has 0 aromatic heterocycles. The second kappa shape index (κ2) is 6.96. The van der Waals surface area contributed by atoms with E-state index in [-0.39, 0.29) is 5.92 Å². The standard InChI is InChI=1S/C17H16O2S/c1-2-15(13-9-5-3-6-10-13)16(17(18)19)20-14-11-7-4-8-12-14/h2-12,15-16H,1H2,(H,18,19)/t15-,16+/m0/s1. The minimum absolute atomic E-state index is 0.223. The third-order valence-corrected chi connectivity index (χ3v) is 4.31. The van der Waals surface area contributed by atoms with Gasteiger partial charge in [0.2, 0.25) is 0 Å². The Labute approximate surface area is 123 Å². The Hall–Kier alpha value is -2.00. The van der Waals surface area contributed by atoms with Crippen LogP contribution in [0.5, 0.6) is 0 Å². The second-order valence-electron chi connectivity index (χ2n) is 4.36. The minimum atomic E-state index is -0.826. The summed E-state index contributed by atoms with van der Waals surface area (Å²) >= 11 is 1.35. The highest BCUT2D eigenvalue weighted by Crippen LogP contribution is 2.34. The summed E-state index contributed by atoms with van der Waals surface area (Å²) in [6.07, 6.45) is 1.71. The fourth-order valence-corrected chi connectivity index (χ4v) is 3.16. The number of aliphatic carboxylic acids is 1. The molecular formula is C17H16O2S. The first kappa shape index (κ1) is 14.4. The van der Waals surface area contributed by atoms with Crippen LogP contribution in [0.15, 0.2) is 78.2 Å². The maximum Gasteiger partial charge on any atom is 0.317 e. The monoisotopic (exact) mass is 284 g/mol. The van der Waals surface area contributed by atoms with Crippen LogP contribution in [0, 0.1) is 0 Å². The summed E-state index contributed by atoms with van der Waals surface area (Å²) in [6.45, 7) is 3.81. The zero-order valence-corrected chi connectivity index (χ0v) is 11.8. The number of carboxylic acids is 1. The molecule has 0 unspecified atom stereocenters.